The third kappa shape index (κ3) is 6.42. The summed E-state index contributed by atoms with van der Waals surface area (Å²) >= 11 is -1.31. The molecule has 6 nitrogen and oxygen atoms in total. The van der Waals surface area contributed by atoms with E-state index in [0.717, 1.165) is 31.2 Å². The number of nitrogens with one attached hydrogen (secondary N) is 1. The quantitative estimate of drug-likeness (QED) is 0.598. The lowest BCUT2D eigenvalue weighted by Crippen LogP contribution is -2.56. The summed E-state index contributed by atoms with van der Waals surface area (Å²) < 4.78 is 50.4. The molecule has 0 radical (unpaired) electrons. The Morgan fingerprint density at radius 3 is 2.59 bits per heavy atom. The zero-order chi connectivity index (χ0) is 24.2. The van der Waals surface area contributed by atoms with Crippen LogP contribution in [-0.2, 0) is 20.7 Å². The molecule has 0 spiro atoms. The van der Waals surface area contributed by atoms with Crippen molar-refractivity contribution in [1.29, 1.82) is 0 Å². The lowest BCUT2D eigenvalue weighted by Gasteiger charge is -2.42. The van der Waals surface area contributed by atoms with Gasteiger partial charge in [-0.1, -0.05) is 12.1 Å². The highest BCUT2D eigenvalue weighted by molar-refractivity contribution is 7.80. The number of benzene rings is 1. The number of amides is 1. The zero-order valence-corrected chi connectivity index (χ0v) is 20.9. The van der Waals surface area contributed by atoms with Crippen molar-refractivity contribution in [1.82, 2.24) is 13.9 Å². The van der Waals surface area contributed by atoms with Gasteiger partial charge in [0.15, 0.2) is 11.2 Å². The number of nitrogens with zero attached hydrogens (tertiary/aromatic N) is 2. The second-order valence-corrected chi connectivity index (χ2v) is 11.7. The van der Waals surface area contributed by atoms with Gasteiger partial charge in [0.05, 0.1) is 12.7 Å². The molecule has 1 aromatic carbocycles. The molecule has 4 rings (SSSR count). The summed E-state index contributed by atoms with van der Waals surface area (Å²) in [5.74, 6) is 0.0301. The summed E-state index contributed by atoms with van der Waals surface area (Å²) in [6, 6.07) is 6.85. The molecular formula is C25H37F2N3O3S. The maximum Gasteiger partial charge on any atom is 0.225 e. The Labute approximate surface area is 204 Å². The molecule has 2 saturated carbocycles. The van der Waals surface area contributed by atoms with Gasteiger partial charge in [-0.15, -0.1) is 0 Å². The third-order valence-electron chi connectivity index (χ3n) is 7.60. The van der Waals surface area contributed by atoms with E-state index in [0.29, 0.717) is 44.9 Å². The highest BCUT2D eigenvalue weighted by Crippen LogP contribution is 2.35. The van der Waals surface area contributed by atoms with Crippen molar-refractivity contribution in [2.24, 2.45) is 11.8 Å². The maximum absolute atomic E-state index is 13.6. The molecule has 1 amide bonds. The molecule has 1 N–H and O–H groups in total. The number of halogens is 2. The van der Waals surface area contributed by atoms with E-state index in [2.05, 4.69) is 4.72 Å². The summed E-state index contributed by atoms with van der Waals surface area (Å²) in [4.78, 5) is 14.7. The van der Waals surface area contributed by atoms with Crippen LogP contribution in [0.2, 0.25) is 0 Å². The van der Waals surface area contributed by atoms with Gasteiger partial charge in [0.25, 0.3) is 0 Å². The second kappa shape index (κ2) is 11.5. The molecule has 3 atom stereocenters. The minimum Gasteiger partial charge on any atom is -0.378 e. The number of hydrogen-bond donors (Lipinski definition) is 1. The van der Waals surface area contributed by atoms with E-state index in [9.17, 15) is 17.8 Å². The van der Waals surface area contributed by atoms with Gasteiger partial charge in [-0.25, -0.2) is 22.0 Å². The molecule has 2 aliphatic carbocycles. The van der Waals surface area contributed by atoms with Crippen LogP contribution in [0, 0.1) is 17.7 Å². The second-order valence-electron chi connectivity index (χ2n) is 10.2. The Morgan fingerprint density at radius 2 is 1.94 bits per heavy atom. The molecule has 3 aliphatic rings. The van der Waals surface area contributed by atoms with Crippen molar-refractivity contribution >= 4 is 17.1 Å². The Kier molecular flexibility index (Phi) is 8.71. The van der Waals surface area contributed by atoms with Gasteiger partial charge >= 0.3 is 0 Å². The normalized spacial score (nSPS) is 32.9. The number of piperidine rings is 1. The Bertz CT molecular complexity index is 860. The molecule has 1 heterocycles. The van der Waals surface area contributed by atoms with Gasteiger partial charge in [0.1, 0.15) is 12.0 Å². The van der Waals surface area contributed by atoms with Crippen LogP contribution in [0.25, 0.3) is 0 Å². The first kappa shape index (κ1) is 25.7. The zero-order valence-electron chi connectivity index (χ0n) is 20.1. The molecule has 34 heavy (non-hydrogen) atoms. The third-order valence-corrected chi connectivity index (χ3v) is 8.77. The lowest BCUT2D eigenvalue weighted by molar-refractivity contribution is -0.143. The minimum absolute atomic E-state index is 0.0174. The highest BCUT2D eigenvalue weighted by Gasteiger charge is 2.40. The van der Waals surface area contributed by atoms with Gasteiger partial charge in [-0.05, 0) is 68.6 Å². The van der Waals surface area contributed by atoms with Gasteiger partial charge < -0.3 is 9.64 Å². The molecule has 3 fully saturated rings. The average molecular weight is 498 g/mol. The molecule has 1 aromatic rings. The van der Waals surface area contributed by atoms with Crippen LogP contribution in [0.15, 0.2) is 24.3 Å². The van der Waals surface area contributed by atoms with Crippen LogP contribution in [0.1, 0.15) is 56.4 Å². The van der Waals surface area contributed by atoms with Gasteiger partial charge in [0, 0.05) is 45.1 Å². The fourth-order valence-electron chi connectivity index (χ4n) is 5.38. The Hall–Kier alpha value is -1.42. The first-order valence-electron chi connectivity index (χ1n) is 12.5. The number of likely N-dealkylation sites (tertiary alicyclic amines) is 1. The summed E-state index contributed by atoms with van der Waals surface area (Å²) in [6.07, 6.45) is 4.39. The maximum atomic E-state index is 13.6. The average Bonchev–Trinajstić information content (AvgIpc) is 2.81. The number of alkyl halides is 1. The van der Waals surface area contributed by atoms with Crippen molar-refractivity contribution in [2.75, 3.05) is 33.8 Å². The van der Waals surface area contributed by atoms with Gasteiger partial charge in [-0.3, -0.25) is 4.79 Å². The van der Waals surface area contributed by atoms with Crippen molar-refractivity contribution in [3.8, 4) is 0 Å². The Morgan fingerprint density at radius 1 is 1.21 bits per heavy atom. The molecule has 9 heteroatoms. The summed E-state index contributed by atoms with van der Waals surface area (Å²) in [6.45, 7) is 1.61. The summed E-state index contributed by atoms with van der Waals surface area (Å²) in [5.41, 5.74) is 1.06. The Balaban J connectivity index is 1.31. The van der Waals surface area contributed by atoms with E-state index >= 15 is 0 Å². The molecule has 1 saturated heterocycles. The minimum atomic E-state index is -1.31. The van der Waals surface area contributed by atoms with Crippen LogP contribution < -0.4 is 4.72 Å². The SMILES string of the molecule is CN(C)S(=O)N[C@H]1CCN(C(=O)C2CC(F)C2)C[C@H]1COC1CCC(c2cccc(F)c2)CC1. The van der Waals surface area contributed by atoms with Crippen LogP contribution in [0.4, 0.5) is 8.78 Å². The monoisotopic (exact) mass is 497 g/mol. The number of carbonyl (C=O) groups excluding carboxylic acids is 1. The van der Waals surface area contributed by atoms with Crippen molar-refractivity contribution < 1.29 is 22.5 Å². The molecule has 1 unspecified atom stereocenters. The van der Waals surface area contributed by atoms with E-state index in [1.165, 1.54) is 6.07 Å². The smallest absolute Gasteiger partial charge is 0.225 e. The van der Waals surface area contributed by atoms with Crippen molar-refractivity contribution in [3.05, 3.63) is 35.6 Å². The van der Waals surface area contributed by atoms with Gasteiger partial charge in [0.2, 0.25) is 5.91 Å². The summed E-state index contributed by atoms with van der Waals surface area (Å²) in [7, 11) is 3.52. The van der Waals surface area contributed by atoms with Crippen LogP contribution in [-0.4, -0.2) is 71.4 Å². The largest absolute Gasteiger partial charge is 0.378 e. The highest BCUT2D eigenvalue weighted by atomic mass is 32.2. The first-order chi connectivity index (χ1) is 16.3. The van der Waals surface area contributed by atoms with Crippen LogP contribution in [0.5, 0.6) is 0 Å². The molecular weight excluding hydrogens is 460 g/mol. The van der Waals surface area contributed by atoms with Gasteiger partial charge in [-0.2, -0.15) is 0 Å². The molecule has 1 aliphatic heterocycles. The molecule has 0 bridgehead atoms. The van der Waals surface area contributed by atoms with Crippen molar-refractivity contribution in [2.45, 2.75) is 69.2 Å². The van der Waals surface area contributed by atoms with E-state index in [1.807, 2.05) is 11.0 Å². The topological polar surface area (TPSA) is 61.9 Å². The number of hydrogen-bond acceptors (Lipinski definition) is 3. The number of carbonyl (C=O) groups is 1. The van der Waals surface area contributed by atoms with E-state index in [-0.39, 0.29) is 35.7 Å². The standard InChI is InChI=1S/C25H37F2N3O3S/c1-29(2)34(32)28-24-10-11-30(25(31)19-13-22(27)14-19)15-20(24)16-33-23-8-6-17(7-9-23)18-4-3-5-21(26)12-18/h3-5,12,17,19-20,22-24,28H,6-11,13-16H2,1-2H3/t17?,19?,20-,22?,23?,24-,34?/m0/s1. The predicted octanol–water partition coefficient (Wildman–Crippen LogP) is 3.56. The first-order valence-corrected chi connectivity index (χ1v) is 13.6. The predicted molar refractivity (Wildman–Crippen MR) is 128 cm³/mol. The van der Waals surface area contributed by atoms with Crippen LogP contribution in [0.3, 0.4) is 0 Å². The molecule has 190 valence electrons. The van der Waals surface area contributed by atoms with Crippen molar-refractivity contribution in [3.63, 3.8) is 0 Å². The summed E-state index contributed by atoms with van der Waals surface area (Å²) in [5, 5.41) is 0. The lowest BCUT2D eigenvalue weighted by atomic mass is 9.81. The van der Waals surface area contributed by atoms with E-state index in [4.69, 9.17) is 4.74 Å². The fraction of sp³-hybridized carbons (Fsp3) is 0.720. The fourth-order valence-corrected chi connectivity index (χ4v) is 6.16. The number of rotatable bonds is 8. The number of ether oxygens (including phenoxy) is 1. The molecule has 0 aromatic heterocycles. The van der Waals surface area contributed by atoms with Crippen LogP contribution >= 0.6 is 0 Å². The van der Waals surface area contributed by atoms with E-state index < -0.39 is 17.3 Å². The van der Waals surface area contributed by atoms with E-state index in [1.54, 1.807) is 30.5 Å².